The Morgan fingerprint density at radius 1 is 1.00 bits per heavy atom. The van der Waals surface area contributed by atoms with Crippen molar-refractivity contribution in [3.63, 3.8) is 0 Å². The maximum absolute atomic E-state index is 12.3. The van der Waals surface area contributed by atoms with Gasteiger partial charge >= 0.3 is 0 Å². The van der Waals surface area contributed by atoms with E-state index in [0.717, 1.165) is 18.6 Å². The van der Waals surface area contributed by atoms with E-state index < -0.39 is 0 Å². The Labute approximate surface area is 170 Å². The van der Waals surface area contributed by atoms with Crippen molar-refractivity contribution in [1.82, 2.24) is 5.32 Å². The molecule has 148 valence electrons. The van der Waals surface area contributed by atoms with E-state index >= 15 is 0 Å². The second-order valence-electron chi connectivity index (χ2n) is 6.12. The smallest absolute Gasteiger partial charge is 0.257 e. The standard InChI is InChI=1S/C21H25N3O3S/c1-3-5-13-27-18-11-9-15(10-12-18)20(26)24-21(28)23-17-8-6-7-16(14-17)22-19(25)4-2/h6-12,14H,3-5,13H2,1-2H3,(H,22,25)(H2,23,24,26,28). The fourth-order valence-corrected chi connectivity index (χ4v) is 2.51. The molecule has 0 aliphatic carbocycles. The van der Waals surface area contributed by atoms with Crippen LogP contribution in [0.1, 0.15) is 43.5 Å². The number of amides is 2. The van der Waals surface area contributed by atoms with Crippen molar-refractivity contribution in [2.45, 2.75) is 33.1 Å². The summed E-state index contributed by atoms with van der Waals surface area (Å²) in [5, 5.41) is 8.53. The van der Waals surface area contributed by atoms with Crippen molar-refractivity contribution >= 4 is 40.5 Å². The average Bonchev–Trinajstić information content (AvgIpc) is 2.68. The van der Waals surface area contributed by atoms with E-state index in [9.17, 15) is 9.59 Å². The largest absolute Gasteiger partial charge is 0.494 e. The summed E-state index contributed by atoms with van der Waals surface area (Å²) < 4.78 is 5.59. The van der Waals surface area contributed by atoms with Crippen LogP contribution in [0.15, 0.2) is 48.5 Å². The minimum absolute atomic E-state index is 0.0739. The third kappa shape index (κ3) is 7.00. The van der Waals surface area contributed by atoms with Gasteiger partial charge in [0.15, 0.2) is 5.11 Å². The lowest BCUT2D eigenvalue weighted by molar-refractivity contribution is -0.115. The van der Waals surface area contributed by atoms with Crippen LogP contribution in [0.5, 0.6) is 5.75 Å². The Morgan fingerprint density at radius 2 is 1.68 bits per heavy atom. The summed E-state index contributed by atoms with van der Waals surface area (Å²) in [6.07, 6.45) is 2.46. The van der Waals surface area contributed by atoms with E-state index in [2.05, 4.69) is 22.9 Å². The molecule has 3 N–H and O–H groups in total. The second kappa shape index (κ2) is 11.0. The highest BCUT2D eigenvalue weighted by Crippen LogP contribution is 2.16. The summed E-state index contributed by atoms with van der Waals surface area (Å²) in [7, 11) is 0. The molecule has 2 rings (SSSR count). The Hall–Kier alpha value is -2.93. The molecule has 0 aliphatic heterocycles. The third-order valence-corrected chi connectivity index (χ3v) is 4.04. The van der Waals surface area contributed by atoms with Gasteiger partial charge in [-0.3, -0.25) is 14.9 Å². The fourth-order valence-electron chi connectivity index (χ4n) is 2.30. The zero-order chi connectivity index (χ0) is 20.4. The minimum Gasteiger partial charge on any atom is -0.494 e. The molecule has 0 aromatic heterocycles. The summed E-state index contributed by atoms with van der Waals surface area (Å²) >= 11 is 5.21. The number of carbonyl (C=O) groups excluding carboxylic acids is 2. The lowest BCUT2D eigenvalue weighted by atomic mass is 10.2. The van der Waals surface area contributed by atoms with Crippen molar-refractivity contribution < 1.29 is 14.3 Å². The molecule has 0 radical (unpaired) electrons. The molecule has 0 spiro atoms. The highest BCUT2D eigenvalue weighted by molar-refractivity contribution is 7.80. The first-order valence-corrected chi connectivity index (χ1v) is 9.67. The summed E-state index contributed by atoms with van der Waals surface area (Å²) in [6.45, 7) is 4.55. The number of nitrogens with one attached hydrogen (secondary N) is 3. The van der Waals surface area contributed by atoms with Gasteiger partial charge < -0.3 is 15.4 Å². The monoisotopic (exact) mass is 399 g/mol. The quantitative estimate of drug-likeness (QED) is 0.454. The molecular weight excluding hydrogens is 374 g/mol. The van der Waals surface area contributed by atoms with E-state index in [-0.39, 0.29) is 16.9 Å². The third-order valence-electron chi connectivity index (χ3n) is 3.84. The van der Waals surface area contributed by atoms with Gasteiger partial charge in [0.25, 0.3) is 5.91 Å². The maximum atomic E-state index is 12.3. The van der Waals surface area contributed by atoms with Crippen LogP contribution >= 0.6 is 12.2 Å². The number of ether oxygens (including phenoxy) is 1. The molecule has 0 fully saturated rings. The molecule has 0 bridgehead atoms. The molecule has 0 unspecified atom stereocenters. The van der Waals surface area contributed by atoms with Crippen molar-refractivity contribution in [1.29, 1.82) is 0 Å². The molecule has 0 atom stereocenters. The first kappa shape index (κ1) is 21.4. The summed E-state index contributed by atoms with van der Waals surface area (Å²) in [5.41, 5.74) is 1.81. The molecule has 0 heterocycles. The minimum atomic E-state index is -0.312. The number of hydrogen-bond donors (Lipinski definition) is 3. The van der Waals surface area contributed by atoms with Crippen LogP contribution in [0.2, 0.25) is 0 Å². The highest BCUT2D eigenvalue weighted by atomic mass is 32.1. The Bertz CT molecular complexity index is 822. The molecule has 2 aromatic carbocycles. The molecular formula is C21H25N3O3S. The normalized spacial score (nSPS) is 10.1. The Balaban J connectivity index is 1.89. The molecule has 2 aromatic rings. The van der Waals surface area contributed by atoms with Gasteiger partial charge in [0.1, 0.15) is 5.75 Å². The van der Waals surface area contributed by atoms with Crippen molar-refractivity contribution in [2.75, 3.05) is 17.2 Å². The van der Waals surface area contributed by atoms with Crippen molar-refractivity contribution in [3.8, 4) is 5.75 Å². The zero-order valence-corrected chi connectivity index (χ0v) is 16.9. The molecule has 0 saturated heterocycles. The predicted molar refractivity (Wildman–Crippen MR) is 116 cm³/mol. The summed E-state index contributed by atoms with van der Waals surface area (Å²) in [5.74, 6) is 0.347. The van der Waals surface area contributed by atoms with Crippen LogP contribution in [0.3, 0.4) is 0 Å². The lowest BCUT2D eigenvalue weighted by Gasteiger charge is -2.11. The van der Waals surface area contributed by atoms with Crippen LogP contribution in [0.4, 0.5) is 11.4 Å². The van der Waals surface area contributed by atoms with E-state index in [1.165, 1.54) is 0 Å². The predicted octanol–water partition coefficient (Wildman–Crippen LogP) is 4.34. The summed E-state index contributed by atoms with van der Waals surface area (Å²) in [4.78, 5) is 23.8. The number of carbonyl (C=O) groups is 2. The molecule has 6 nitrogen and oxygen atoms in total. The van der Waals surface area contributed by atoms with E-state index in [0.29, 0.717) is 30.0 Å². The first-order chi connectivity index (χ1) is 13.5. The fraction of sp³-hybridized carbons (Fsp3) is 0.286. The van der Waals surface area contributed by atoms with Gasteiger partial charge in [-0.15, -0.1) is 0 Å². The maximum Gasteiger partial charge on any atom is 0.257 e. The van der Waals surface area contributed by atoms with Crippen molar-refractivity contribution in [2.24, 2.45) is 0 Å². The Morgan fingerprint density at radius 3 is 2.32 bits per heavy atom. The number of hydrogen-bond acceptors (Lipinski definition) is 4. The van der Waals surface area contributed by atoms with Gasteiger partial charge in [-0.1, -0.05) is 26.3 Å². The molecule has 0 saturated carbocycles. The van der Waals surface area contributed by atoms with Crippen LogP contribution in [0.25, 0.3) is 0 Å². The van der Waals surface area contributed by atoms with Crippen LogP contribution < -0.4 is 20.7 Å². The molecule has 0 aliphatic rings. The van der Waals surface area contributed by atoms with Gasteiger partial charge in [0, 0.05) is 23.4 Å². The molecule has 28 heavy (non-hydrogen) atoms. The van der Waals surface area contributed by atoms with E-state index in [4.69, 9.17) is 17.0 Å². The highest BCUT2D eigenvalue weighted by Gasteiger charge is 2.09. The zero-order valence-electron chi connectivity index (χ0n) is 16.1. The number of anilines is 2. The lowest BCUT2D eigenvalue weighted by Crippen LogP contribution is -2.34. The first-order valence-electron chi connectivity index (χ1n) is 9.27. The number of unbranched alkanes of at least 4 members (excludes halogenated alkanes) is 1. The average molecular weight is 400 g/mol. The SMILES string of the molecule is CCCCOc1ccc(C(=O)NC(=S)Nc2cccc(NC(=O)CC)c2)cc1. The van der Waals surface area contributed by atoms with Gasteiger partial charge in [0.2, 0.25) is 5.91 Å². The number of rotatable bonds is 8. The van der Waals surface area contributed by atoms with E-state index in [1.807, 2.05) is 0 Å². The molecule has 7 heteroatoms. The second-order valence-corrected chi connectivity index (χ2v) is 6.53. The number of thiocarbonyl (C=S) groups is 1. The van der Waals surface area contributed by atoms with E-state index in [1.54, 1.807) is 55.5 Å². The van der Waals surface area contributed by atoms with Gasteiger partial charge in [-0.25, -0.2) is 0 Å². The van der Waals surface area contributed by atoms with Crippen LogP contribution in [-0.4, -0.2) is 23.5 Å². The van der Waals surface area contributed by atoms with Crippen LogP contribution in [-0.2, 0) is 4.79 Å². The molecule has 2 amide bonds. The Kier molecular flexibility index (Phi) is 8.42. The van der Waals surface area contributed by atoms with Gasteiger partial charge in [-0.05, 0) is 61.1 Å². The topological polar surface area (TPSA) is 79.5 Å². The van der Waals surface area contributed by atoms with Crippen molar-refractivity contribution in [3.05, 3.63) is 54.1 Å². The van der Waals surface area contributed by atoms with Gasteiger partial charge in [0.05, 0.1) is 6.61 Å². The van der Waals surface area contributed by atoms with Crippen LogP contribution in [0, 0.1) is 0 Å². The summed E-state index contributed by atoms with van der Waals surface area (Å²) in [6, 6.07) is 14.0. The number of benzene rings is 2. The van der Waals surface area contributed by atoms with Gasteiger partial charge in [-0.2, -0.15) is 0 Å².